The number of anilines is 1. The van der Waals surface area contributed by atoms with Crippen LogP contribution in [0.2, 0.25) is 0 Å². The van der Waals surface area contributed by atoms with Gasteiger partial charge < -0.3 is 10.0 Å². The number of aliphatic carboxylic acids is 1. The third-order valence-corrected chi connectivity index (χ3v) is 4.32. The minimum atomic E-state index is -0.848. The lowest BCUT2D eigenvalue weighted by Crippen LogP contribution is -2.36. The van der Waals surface area contributed by atoms with Gasteiger partial charge in [-0.1, -0.05) is 12.1 Å². The van der Waals surface area contributed by atoms with Crippen molar-refractivity contribution in [2.24, 2.45) is 0 Å². The number of carboxylic acid groups (broad SMARTS) is 1. The molecule has 0 bridgehead atoms. The van der Waals surface area contributed by atoms with E-state index in [0.29, 0.717) is 13.1 Å². The average Bonchev–Trinajstić information content (AvgIpc) is 2.54. The van der Waals surface area contributed by atoms with Crippen LogP contribution in [0, 0.1) is 6.92 Å². The fraction of sp³-hybridized carbons (Fsp3) is 0.278. The highest BCUT2D eigenvalue weighted by atomic mass is 16.4. The number of nitrogens with zero attached hydrogens (tertiary/aromatic N) is 2. The Kier molecular flexibility index (Phi) is 3.86. The second kappa shape index (κ2) is 5.83. The van der Waals surface area contributed by atoms with E-state index in [4.69, 9.17) is 5.11 Å². The number of carboxylic acids is 1. The summed E-state index contributed by atoms with van der Waals surface area (Å²) in [5.74, 6) is -1.32. The molecule has 2 aromatic rings. The summed E-state index contributed by atoms with van der Waals surface area (Å²) in [6.45, 7) is 4.48. The molecule has 3 rings (SSSR count). The van der Waals surface area contributed by atoms with E-state index < -0.39 is 11.9 Å². The van der Waals surface area contributed by atoms with Gasteiger partial charge in [-0.05, 0) is 43.2 Å². The van der Waals surface area contributed by atoms with Gasteiger partial charge in [0.05, 0.1) is 24.7 Å². The normalized spacial score (nSPS) is 15.2. The molecule has 2 heterocycles. The summed E-state index contributed by atoms with van der Waals surface area (Å²) in [7, 11) is 0. The van der Waals surface area contributed by atoms with Crippen LogP contribution in [0.3, 0.4) is 0 Å². The summed E-state index contributed by atoms with van der Waals surface area (Å²) >= 11 is 0. The van der Waals surface area contributed by atoms with Crippen LogP contribution in [0.25, 0.3) is 0 Å². The van der Waals surface area contributed by atoms with Gasteiger partial charge in [-0.2, -0.15) is 0 Å². The zero-order valence-corrected chi connectivity index (χ0v) is 13.1. The Labute approximate surface area is 134 Å². The number of rotatable bonds is 3. The van der Waals surface area contributed by atoms with Crippen LogP contribution < -0.4 is 4.90 Å². The first-order valence-electron chi connectivity index (χ1n) is 7.52. The van der Waals surface area contributed by atoms with E-state index in [-0.39, 0.29) is 5.78 Å². The maximum Gasteiger partial charge on any atom is 0.310 e. The number of ketones is 1. The van der Waals surface area contributed by atoms with Crippen molar-refractivity contribution in [3.63, 3.8) is 0 Å². The molecule has 0 spiro atoms. The summed E-state index contributed by atoms with van der Waals surface area (Å²) in [6, 6.07) is 9.19. The van der Waals surface area contributed by atoms with E-state index in [1.165, 1.54) is 0 Å². The summed E-state index contributed by atoms with van der Waals surface area (Å²) in [6.07, 6.45) is 1.72. The first-order valence-corrected chi connectivity index (χ1v) is 7.52. The Balaban J connectivity index is 1.86. The second-order valence-corrected chi connectivity index (χ2v) is 5.88. The van der Waals surface area contributed by atoms with Crippen molar-refractivity contribution in [1.29, 1.82) is 0 Å². The molecule has 0 amide bonds. The monoisotopic (exact) mass is 310 g/mol. The second-order valence-electron chi connectivity index (χ2n) is 5.88. The average molecular weight is 310 g/mol. The highest BCUT2D eigenvalue weighted by Gasteiger charge is 2.26. The van der Waals surface area contributed by atoms with Gasteiger partial charge in [-0.3, -0.25) is 14.6 Å². The van der Waals surface area contributed by atoms with Crippen molar-refractivity contribution < 1.29 is 14.7 Å². The number of fused-ring (bicyclic) bond motifs is 1. The molecule has 1 aromatic heterocycles. The van der Waals surface area contributed by atoms with Crippen LogP contribution >= 0.6 is 0 Å². The van der Waals surface area contributed by atoms with Gasteiger partial charge in [0.1, 0.15) is 0 Å². The Morgan fingerprint density at radius 1 is 1.22 bits per heavy atom. The molecule has 1 aromatic carbocycles. The number of Topliss-reactive ketones (excluding diaryl/α,β-unsaturated/α-hetero) is 1. The van der Waals surface area contributed by atoms with E-state index in [0.717, 1.165) is 28.1 Å². The summed E-state index contributed by atoms with van der Waals surface area (Å²) in [5.41, 5.74) is 4.14. The summed E-state index contributed by atoms with van der Waals surface area (Å²) in [5, 5.41) is 9.06. The molecule has 0 fully saturated rings. The van der Waals surface area contributed by atoms with Crippen LogP contribution in [-0.4, -0.2) is 28.4 Å². The third-order valence-electron chi connectivity index (χ3n) is 4.32. The number of hydrogen-bond acceptors (Lipinski definition) is 4. The first-order chi connectivity index (χ1) is 11.0. The van der Waals surface area contributed by atoms with Crippen molar-refractivity contribution in [2.45, 2.75) is 26.3 Å². The largest absolute Gasteiger partial charge is 0.481 e. The Bertz CT molecular complexity index is 768. The standard InChI is InChI=1S/C18H18N2O3/c1-11-7-8-19-15-9-20(10-16(21)17(11)15)14-5-3-13(4-6-14)12(2)18(22)23/h3-8,12H,9-10H2,1-2H3,(H,22,23). The molecule has 1 unspecified atom stereocenters. The topological polar surface area (TPSA) is 70.5 Å². The van der Waals surface area contributed by atoms with E-state index in [1.54, 1.807) is 25.3 Å². The van der Waals surface area contributed by atoms with Crippen molar-refractivity contribution in [3.8, 4) is 0 Å². The lowest BCUT2D eigenvalue weighted by Gasteiger charge is -2.29. The van der Waals surface area contributed by atoms with Gasteiger partial charge in [-0.25, -0.2) is 0 Å². The molecule has 1 aliphatic rings. The molecular formula is C18H18N2O3. The first kappa shape index (κ1) is 15.2. The number of pyridine rings is 1. The van der Waals surface area contributed by atoms with Crippen LogP contribution in [-0.2, 0) is 11.3 Å². The van der Waals surface area contributed by atoms with Gasteiger partial charge in [0, 0.05) is 17.4 Å². The fourth-order valence-electron chi connectivity index (χ4n) is 2.90. The molecule has 5 heteroatoms. The van der Waals surface area contributed by atoms with E-state index in [2.05, 4.69) is 4.98 Å². The zero-order chi connectivity index (χ0) is 16.6. The summed E-state index contributed by atoms with van der Waals surface area (Å²) in [4.78, 5) is 29.7. The number of aromatic nitrogens is 1. The van der Waals surface area contributed by atoms with Crippen LogP contribution in [0.15, 0.2) is 36.5 Å². The molecular weight excluding hydrogens is 292 g/mol. The molecule has 5 nitrogen and oxygen atoms in total. The minimum absolute atomic E-state index is 0.0693. The van der Waals surface area contributed by atoms with Crippen molar-refractivity contribution in [2.75, 3.05) is 11.4 Å². The lowest BCUT2D eigenvalue weighted by atomic mass is 9.97. The van der Waals surface area contributed by atoms with Gasteiger partial charge in [-0.15, -0.1) is 0 Å². The molecule has 0 saturated heterocycles. The maximum atomic E-state index is 12.4. The predicted molar refractivity (Wildman–Crippen MR) is 86.8 cm³/mol. The van der Waals surface area contributed by atoms with Crippen LogP contribution in [0.5, 0.6) is 0 Å². The van der Waals surface area contributed by atoms with Gasteiger partial charge in [0.2, 0.25) is 0 Å². The lowest BCUT2D eigenvalue weighted by molar-refractivity contribution is -0.138. The minimum Gasteiger partial charge on any atom is -0.481 e. The molecule has 1 N–H and O–H groups in total. The van der Waals surface area contributed by atoms with Crippen molar-refractivity contribution in [3.05, 3.63) is 58.9 Å². The van der Waals surface area contributed by atoms with Gasteiger partial charge in [0.25, 0.3) is 0 Å². The number of hydrogen-bond donors (Lipinski definition) is 1. The SMILES string of the molecule is Cc1ccnc2c1C(=O)CN(c1ccc(C(C)C(=O)O)cc1)C2. The molecule has 1 aliphatic heterocycles. The highest BCUT2D eigenvalue weighted by molar-refractivity contribution is 6.02. The van der Waals surface area contributed by atoms with Crippen molar-refractivity contribution in [1.82, 2.24) is 4.98 Å². The number of carbonyl (C=O) groups excluding carboxylic acids is 1. The zero-order valence-electron chi connectivity index (χ0n) is 13.1. The number of carbonyl (C=O) groups is 2. The Hall–Kier alpha value is -2.69. The third kappa shape index (κ3) is 2.82. The molecule has 118 valence electrons. The van der Waals surface area contributed by atoms with E-state index >= 15 is 0 Å². The molecule has 0 radical (unpaired) electrons. The highest BCUT2D eigenvalue weighted by Crippen LogP contribution is 2.26. The van der Waals surface area contributed by atoms with Crippen LogP contribution in [0.4, 0.5) is 5.69 Å². The molecule has 0 aliphatic carbocycles. The van der Waals surface area contributed by atoms with Crippen molar-refractivity contribution >= 4 is 17.4 Å². The summed E-state index contributed by atoms with van der Waals surface area (Å²) < 4.78 is 0. The number of benzene rings is 1. The Morgan fingerprint density at radius 3 is 2.57 bits per heavy atom. The molecule has 23 heavy (non-hydrogen) atoms. The smallest absolute Gasteiger partial charge is 0.310 e. The Morgan fingerprint density at radius 2 is 1.91 bits per heavy atom. The van der Waals surface area contributed by atoms with Gasteiger partial charge >= 0.3 is 5.97 Å². The maximum absolute atomic E-state index is 12.4. The van der Waals surface area contributed by atoms with E-state index in [9.17, 15) is 9.59 Å². The molecule has 0 saturated carbocycles. The van der Waals surface area contributed by atoms with Crippen LogP contribution in [0.1, 0.15) is 40.0 Å². The quantitative estimate of drug-likeness (QED) is 0.944. The van der Waals surface area contributed by atoms with Gasteiger partial charge in [0.15, 0.2) is 5.78 Å². The number of aryl methyl sites for hydroxylation is 1. The fourth-order valence-corrected chi connectivity index (χ4v) is 2.90. The predicted octanol–water partition coefficient (Wildman–Crippen LogP) is 2.78. The van der Waals surface area contributed by atoms with E-state index in [1.807, 2.05) is 30.0 Å². The molecule has 1 atom stereocenters.